The van der Waals surface area contributed by atoms with Crippen molar-refractivity contribution in [1.29, 1.82) is 0 Å². The van der Waals surface area contributed by atoms with Crippen LogP contribution >= 0.6 is 0 Å². The van der Waals surface area contributed by atoms with Crippen LogP contribution in [0, 0.1) is 35.5 Å². The molecule has 67 heavy (non-hydrogen) atoms. The fourth-order valence-corrected chi connectivity index (χ4v) is 9.16. The first-order valence-corrected chi connectivity index (χ1v) is 21.7. The van der Waals surface area contributed by atoms with Crippen LogP contribution in [0.4, 0.5) is 0 Å². The van der Waals surface area contributed by atoms with Crippen molar-refractivity contribution in [2.45, 2.75) is 120 Å². The van der Waals surface area contributed by atoms with E-state index in [0.29, 0.717) is 0 Å². The van der Waals surface area contributed by atoms with Crippen molar-refractivity contribution in [3.8, 4) is 0 Å². The number of methoxy groups -OCH3 is 1. The van der Waals surface area contributed by atoms with E-state index in [-0.39, 0.29) is 35.3 Å². The molecule has 24 heteroatoms. The minimum Gasteiger partial charge on any atom is -0.478 e. The Balaban J connectivity index is 1.28. The largest absolute Gasteiger partial charge is 0.478 e. The van der Waals surface area contributed by atoms with Crippen LogP contribution in [0.1, 0.15) is 40.0 Å². The summed E-state index contributed by atoms with van der Waals surface area (Å²) >= 11 is 0. The number of carboxylic acids is 1. The lowest BCUT2D eigenvalue weighted by Gasteiger charge is -2.42. The summed E-state index contributed by atoms with van der Waals surface area (Å²) in [5, 5.41) is 112. The molecule has 0 unspecified atom stereocenters. The van der Waals surface area contributed by atoms with Gasteiger partial charge >= 0.3 is 23.9 Å². The van der Waals surface area contributed by atoms with Crippen LogP contribution < -0.4 is 0 Å². The highest BCUT2D eigenvalue weighted by molar-refractivity contribution is 5.91. The average molecular weight is 963 g/mol. The molecule has 0 aromatic heterocycles. The molecule has 18 atom stereocenters. The SMILES string of the molecule is C/C=C1\[C@H](O[C@@H]2O[C@H](CO)[C@@H](O)[C@H](O)[C@H]2O)OC=C(C(=O)O)[C@@H]1CC(=O)OC[C@@H]1[C@H](C)[C@@H](OC(=O)C[C@H]2C(C(=O)OC)=CO[C@H](O[C@@H]3O[C@H](CO)[C@@H](O)[C@H](O)[C@H]3O)/C2=C\C)C[C@H]1C(CO)CO. The average Bonchev–Trinajstić information content (AvgIpc) is 3.61. The van der Waals surface area contributed by atoms with Gasteiger partial charge in [-0.3, -0.25) is 9.59 Å². The molecule has 1 aliphatic carbocycles. The molecule has 5 rings (SSSR count). The number of esters is 3. The summed E-state index contributed by atoms with van der Waals surface area (Å²) in [6.07, 6.45) is -16.5. The molecule has 2 saturated heterocycles. The van der Waals surface area contributed by atoms with Crippen molar-refractivity contribution in [1.82, 2.24) is 0 Å². The second kappa shape index (κ2) is 23.9. The summed E-state index contributed by atoms with van der Waals surface area (Å²) in [7, 11) is 1.11. The molecule has 5 aliphatic rings. The highest BCUT2D eigenvalue weighted by atomic mass is 16.8. The highest BCUT2D eigenvalue weighted by Crippen LogP contribution is 2.45. The van der Waals surface area contributed by atoms with E-state index in [2.05, 4.69) is 0 Å². The van der Waals surface area contributed by atoms with Crippen LogP contribution in [-0.2, 0) is 61.8 Å². The lowest BCUT2D eigenvalue weighted by Crippen LogP contribution is -2.60. The summed E-state index contributed by atoms with van der Waals surface area (Å²) in [4.78, 5) is 52.7. The Bertz CT molecular complexity index is 1840. The third-order valence-electron chi connectivity index (χ3n) is 13.1. The van der Waals surface area contributed by atoms with E-state index in [0.717, 1.165) is 19.6 Å². The number of ether oxygens (including phenoxy) is 9. The maximum Gasteiger partial charge on any atom is 0.337 e. The monoisotopic (exact) mass is 962 g/mol. The molecule has 0 bridgehead atoms. The summed E-state index contributed by atoms with van der Waals surface area (Å²) in [5.74, 6) is -8.86. The fourth-order valence-electron chi connectivity index (χ4n) is 9.16. The third-order valence-corrected chi connectivity index (χ3v) is 13.1. The summed E-state index contributed by atoms with van der Waals surface area (Å²) in [6.45, 7) is 2.00. The van der Waals surface area contributed by atoms with Gasteiger partial charge in [0, 0.05) is 48.0 Å². The lowest BCUT2D eigenvalue weighted by molar-refractivity contribution is -0.327. The molecule has 4 heterocycles. The Kier molecular flexibility index (Phi) is 19.2. The van der Waals surface area contributed by atoms with Gasteiger partial charge < -0.3 is 98.8 Å². The van der Waals surface area contributed by atoms with E-state index < -0.39 is 179 Å². The number of carbonyl (C=O) groups excluding carboxylic acids is 3. The predicted octanol–water partition coefficient (Wildman–Crippen LogP) is -3.41. The molecule has 378 valence electrons. The zero-order valence-electron chi connectivity index (χ0n) is 37.2. The third kappa shape index (κ3) is 11.8. The van der Waals surface area contributed by atoms with Crippen molar-refractivity contribution in [2.75, 3.05) is 40.1 Å². The van der Waals surface area contributed by atoms with Crippen molar-refractivity contribution >= 4 is 23.9 Å². The molecule has 0 radical (unpaired) electrons. The number of aliphatic hydroxyl groups is 10. The Morgan fingerprint density at radius 2 is 1.19 bits per heavy atom. The molecule has 1 saturated carbocycles. The summed E-state index contributed by atoms with van der Waals surface area (Å²) in [6, 6.07) is 0. The van der Waals surface area contributed by atoms with Crippen LogP contribution in [0.2, 0.25) is 0 Å². The van der Waals surface area contributed by atoms with Crippen LogP contribution in [0.25, 0.3) is 0 Å². The molecule has 0 aromatic carbocycles. The number of rotatable bonds is 18. The van der Waals surface area contributed by atoms with Gasteiger partial charge in [0.15, 0.2) is 12.6 Å². The maximum atomic E-state index is 13.8. The normalized spacial score (nSPS) is 39.0. The van der Waals surface area contributed by atoms with Gasteiger partial charge in [-0.05, 0) is 32.1 Å². The maximum absolute atomic E-state index is 13.8. The molecular formula is C43H62O24. The number of carboxylic acid groups (broad SMARTS) is 1. The Labute approximate surface area is 384 Å². The van der Waals surface area contributed by atoms with Gasteiger partial charge in [0.05, 0.1) is 63.4 Å². The molecule has 0 spiro atoms. The zero-order chi connectivity index (χ0) is 49.4. The van der Waals surface area contributed by atoms with Crippen molar-refractivity contribution in [3.05, 3.63) is 47.0 Å². The second-order valence-corrected chi connectivity index (χ2v) is 16.9. The van der Waals surface area contributed by atoms with E-state index in [9.17, 15) is 75.3 Å². The molecule has 3 fully saturated rings. The number of carbonyl (C=O) groups is 4. The number of allylic oxidation sites excluding steroid dienone is 2. The summed E-state index contributed by atoms with van der Waals surface area (Å²) < 4.78 is 50.2. The molecule has 24 nitrogen and oxygen atoms in total. The van der Waals surface area contributed by atoms with Crippen LogP contribution in [0.3, 0.4) is 0 Å². The molecule has 4 aliphatic heterocycles. The van der Waals surface area contributed by atoms with Gasteiger partial charge in [-0.2, -0.15) is 0 Å². The van der Waals surface area contributed by atoms with Gasteiger partial charge in [-0.1, -0.05) is 19.1 Å². The van der Waals surface area contributed by atoms with Gasteiger partial charge in [0.25, 0.3) is 0 Å². The minimum atomic E-state index is -1.82. The van der Waals surface area contributed by atoms with Gasteiger partial charge in [0.1, 0.15) is 54.9 Å². The van der Waals surface area contributed by atoms with Crippen molar-refractivity contribution in [3.63, 3.8) is 0 Å². The number of aliphatic hydroxyl groups excluding tert-OH is 10. The van der Waals surface area contributed by atoms with E-state index in [1.165, 1.54) is 19.1 Å². The standard InChI is InChI=1S/C43H62O24/c1-5-19-22(25(38(56)57)15-61-40(19)66-42-36(54)34(52)32(50)28(12-46)64-42)8-30(48)60-14-24-17(3)27(7-21(24)18(10-44)11-45)63-31(49)9-23-20(6-2)41(62-16-26(23)39(58)59-4)67-43-37(55)35(53)33(51)29(13-47)65-43/h5-6,15-18,21-24,27-29,32-37,40-47,50-55H,7-14H2,1-4H3,(H,56,57)/b19-5-,20-6-/t17-,21-,22+,23+,24+,27-,28+,29+,32+,33+,34-,35-,36+,37+,40-,41+,42-,43-/m0/s1. The minimum absolute atomic E-state index is 0.0936. The lowest BCUT2D eigenvalue weighted by atomic mass is 9.82. The number of hydrogen-bond donors (Lipinski definition) is 11. The van der Waals surface area contributed by atoms with Crippen molar-refractivity contribution < 1.29 is 118 Å². The zero-order valence-corrected chi connectivity index (χ0v) is 37.2. The Morgan fingerprint density at radius 3 is 1.64 bits per heavy atom. The molecule has 11 N–H and O–H groups in total. The van der Waals surface area contributed by atoms with Gasteiger partial charge in [-0.25, -0.2) is 9.59 Å². The first-order valence-electron chi connectivity index (χ1n) is 21.7. The predicted molar refractivity (Wildman–Crippen MR) is 218 cm³/mol. The topological polar surface area (TPSA) is 374 Å². The Hall–Kier alpha value is -4.12. The van der Waals surface area contributed by atoms with E-state index in [4.69, 9.17) is 42.6 Å². The second-order valence-electron chi connectivity index (χ2n) is 16.9. The molecule has 0 aromatic rings. The Morgan fingerprint density at radius 1 is 0.716 bits per heavy atom. The van der Waals surface area contributed by atoms with Crippen molar-refractivity contribution in [2.24, 2.45) is 35.5 Å². The smallest absolute Gasteiger partial charge is 0.337 e. The van der Waals surface area contributed by atoms with Crippen LogP contribution in [0.15, 0.2) is 47.0 Å². The van der Waals surface area contributed by atoms with E-state index in [1.54, 1.807) is 13.8 Å². The highest BCUT2D eigenvalue weighted by Gasteiger charge is 2.50. The van der Waals surface area contributed by atoms with E-state index >= 15 is 0 Å². The molecule has 0 amide bonds. The number of aliphatic carboxylic acids is 1. The van der Waals surface area contributed by atoms with E-state index in [1.807, 2.05) is 0 Å². The first-order chi connectivity index (χ1) is 31.9. The van der Waals surface area contributed by atoms with Gasteiger partial charge in [0.2, 0.25) is 12.6 Å². The summed E-state index contributed by atoms with van der Waals surface area (Å²) in [5.41, 5.74) is -0.197. The van der Waals surface area contributed by atoms with Gasteiger partial charge in [-0.15, -0.1) is 0 Å². The molecular weight excluding hydrogens is 900 g/mol. The quantitative estimate of drug-likeness (QED) is 0.0362. The number of hydrogen-bond acceptors (Lipinski definition) is 23. The van der Waals surface area contributed by atoms with Crippen LogP contribution in [-0.4, -0.2) is 200 Å². The fraction of sp³-hybridized carbons (Fsp3) is 0.721. The first kappa shape index (κ1) is 53.8. The van der Waals surface area contributed by atoms with Crippen LogP contribution in [0.5, 0.6) is 0 Å².